The molecule has 0 rings (SSSR count). The van der Waals surface area contributed by atoms with Gasteiger partial charge in [0, 0.05) is 5.92 Å². The number of hydrogen-bond acceptors (Lipinski definition) is 2. The second kappa shape index (κ2) is 5.73. The molecule has 13 heavy (non-hydrogen) atoms. The summed E-state index contributed by atoms with van der Waals surface area (Å²) < 4.78 is 0. The van der Waals surface area contributed by atoms with Gasteiger partial charge in [-0.3, -0.25) is 9.59 Å². The Bertz CT molecular complexity index is 189. The zero-order valence-electron chi connectivity index (χ0n) is 8.89. The molecule has 0 aromatic rings. The van der Waals surface area contributed by atoms with Gasteiger partial charge in [0.1, 0.15) is 0 Å². The predicted molar refractivity (Wildman–Crippen MR) is 52.4 cm³/mol. The fraction of sp³-hybridized carbons (Fsp3) is 0.800. The molecule has 1 N–H and O–H groups in total. The quantitative estimate of drug-likeness (QED) is 0.705. The number of carbonyl (C=O) groups excluding carboxylic acids is 2. The first kappa shape index (κ1) is 12.1. The highest BCUT2D eigenvalue weighted by molar-refractivity contribution is 5.88. The highest BCUT2D eigenvalue weighted by Crippen LogP contribution is 2.02. The van der Waals surface area contributed by atoms with Crippen LogP contribution in [0.3, 0.4) is 0 Å². The Morgan fingerprint density at radius 2 is 1.77 bits per heavy atom. The van der Waals surface area contributed by atoms with Crippen molar-refractivity contribution in [1.82, 2.24) is 5.32 Å². The molecule has 0 aliphatic rings. The van der Waals surface area contributed by atoms with Gasteiger partial charge in [-0.1, -0.05) is 20.8 Å². The number of rotatable bonds is 5. The summed E-state index contributed by atoms with van der Waals surface area (Å²) in [6.07, 6.45) is 1.47. The van der Waals surface area contributed by atoms with E-state index in [4.69, 9.17) is 0 Å². The minimum Gasteiger partial charge on any atom is -0.346 e. The molecule has 0 aromatic heterocycles. The number of amides is 1. The molecule has 3 nitrogen and oxygen atoms in total. The van der Waals surface area contributed by atoms with Crippen LogP contribution in [0.2, 0.25) is 0 Å². The average Bonchev–Trinajstić information content (AvgIpc) is 2.11. The standard InChI is InChI=1S/C10H19NO2/c1-5-7(3)10(13)11-9(6-2)8(4)12/h7,9H,5-6H2,1-4H3,(H,11,13). The lowest BCUT2D eigenvalue weighted by atomic mass is 10.1. The third-order valence-electron chi connectivity index (χ3n) is 2.28. The van der Waals surface area contributed by atoms with E-state index in [9.17, 15) is 9.59 Å². The molecule has 0 saturated heterocycles. The summed E-state index contributed by atoms with van der Waals surface area (Å²) >= 11 is 0. The van der Waals surface area contributed by atoms with E-state index >= 15 is 0 Å². The van der Waals surface area contributed by atoms with Crippen LogP contribution in [-0.4, -0.2) is 17.7 Å². The van der Waals surface area contributed by atoms with Crippen molar-refractivity contribution >= 4 is 11.7 Å². The Hall–Kier alpha value is -0.860. The minimum atomic E-state index is -0.304. The van der Waals surface area contributed by atoms with Crippen molar-refractivity contribution in [1.29, 1.82) is 0 Å². The molecular formula is C10H19NO2. The molecule has 2 atom stereocenters. The summed E-state index contributed by atoms with van der Waals surface area (Å²) in [5.74, 6) is -0.00268. The molecule has 0 radical (unpaired) electrons. The lowest BCUT2D eigenvalue weighted by Crippen LogP contribution is -2.41. The third kappa shape index (κ3) is 4.06. The van der Waals surface area contributed by atoms with Crippen LogP contribution < -0.4 is 5.32 Å². The molecule has 3 heteroatoms. The predicted octanol–water partition coefficient (Wildman–Crippen LogP) is 1.52. The minimum absolute atomic E-state index is 0.00611. The van der Waals surface area contributed by atoms with Crippen LogP contribution in [0.5, 0.6) is 0 Å². The van der Waals surface area contributed by atoms with E-state index in [1.54, 1.807) is 0 Å². The monoisotopic (exact) mass is 185 g/mol. The second-order valence-electron chi connectivity index (χ2n) is 3.39. The number of nitrogens with one attached hydrogen (secondary N) is 1. The Morgan fingerprint density at radius 1 is 1.23 bits per heavy atom. The zero-order valence-corrected chi connectivity index (χ0v) is 8.89. The summed E-state index contributed by atoms with van der Waals surface area (Å²) in [5, 5.41) is 2.73. The van der Waals surface area contributed by atoms with Gasteiger partial charge in [0.2, 0.25) is 5.91 Å². The van der Waals surface area contributed by atoms with E-state index in [1.165, 1.54) is 6.92 Å². The molecule has 76 valence electrons. The van der Waals surface area contributed by atoms with Gasteiger partial charge in [-0.25, -0.2) is 0 Å². The van der Waals surface area contributed by atoms with Crippen molar-refractivity contribution in [3.8, 4) is 0 Å². The molecule has 0 aliphatic carbocycles. The Morgan fingerprint density at radius 3 is 2.08 bits per heavy atom. The number of hydrogen-bond donors (Lipinski definition) is 1. The smallest absolute Gasteiger partial charge is 0.223 e. The lowest BCUT2D eigenvalue weighted by molar-refractivity contribution is -0.129. The SMILES string of the molecule is CCC(C)C(=O)NC(CC)C(C)=O. The molecular weight excluding hydrogens is 166 g/mol. The van der Waals surface area contributed by atoms with Gasteiger partial charge in [-0.2, -0.15) is 0 Å². The molecule has 0 bridgehead atoms. The molecule has 0 spiro atoms. The maximum atomic E-state index is 11.4. The van der Waals surface area contributed by atoms with Crippen LogP contribution in [0.1, 0.15) is 40.5 Å². The summed E-state index contributed by atoms with van der Waals surface area (Å²) in [6.45, 7) is 7.22. The first-order valence-corrected chi connectivity index (χ1v) is 4.83. The molecule has 0 heterocycles. The van der Waals surface area contributed by atoms with Gasteiger partial charge in [-0.05, 0) is 19.8 Å². The summed E-state index contributed by atoms with van der Waals surface area (Å²) in [6, 6.07) is -0.304. The maximum absolute atomic E-state index is 11.4. The van der Waals surface area contributed by atoms with Crippen molar-refractivity contribution in [2.24, 2.45) is 5.92 Å². The molecule has 0 aliphatic heterocycles. The topological polar surface area (TPSA) is 46.2 Å². The van der Waals surface area contributed by atoms with Gasteiger partial charge in [0.25, 0.3) is 0 Å². The van der Waals surface area contributed by atoms with Crippen molar-refractivity contribution in [2.75, 3.05) is 0 Å². The number of carbonyl (C=O) groups is 2. The number of Topliss-reactive ketones (excluding diaryl/α,β-unsaturated/α-hetero) is 1. The second-order valence-corrected chi connectivity index (χ2v) is 3.39. The van der Waals surface area contributed by atoms with Crippen molar-refractivity contribution in [3.63, 3.8) is 0 Å². The van der Waals surface area contributed by atoms with Crippen LogP contribution in [-0.2, 0) is 9.59 Å². The van der Waals surface area contributed by atoms with Crippen molar-refractivity contribution < 1.29 is 9.59 Å². The van der Waals surface area contributed by atoms with Gasteiger partial charge in [0.05, 0.1) is 6.04 Å². The van der Waals surface area contributed by atoms with E-state index < -0.39 is 0 Å². The van der Waals surface area contributed by atoms with Gasteiger partial charge in [-0.15, -0.1) is 0 Å². The van der Waals surface area contributed by atoms with Crippen molar-refractivity contribution in [3.05, 3.63) is 0 Å². The van der Waals surface area contributed by atoms with Crippen LogP contribution >= 0.6 is 0 Å². The summed E-state index contributed by atoms with van der Waals surface area (Å²) in [7, 11) is 0. The first-order valence-electron chi connectivity index (χ1n) is 4.83. The van der Waals surface area contributed by atoms with Crippen molar-refractivity contribution in [2.45, 2.75) is 46.6 Å². The van der Waals surface area contributed by atoms with Gasteiger partial charge < -0.3 is 5.32 Å². The van der Waals surface area contributed by atoms with Crippen LogP contribution in [0.25, 0.3) is 0 Å². The first-order chi connectivity index (χ1) is 6.02. The molecule has 2 unspecified atom stereocenters. The van der Waals surface area contributed by atoms with E-state index in [0.29, 0.717) is 6.42 Å². The van der Waals surface area contributed by atoms with E-state index in [2.05, 4.69) is 5.32 Å². The maximum Gasteiger partial charge on any atom is 0.223 e. The Balaban J connectivity index is 4.09. The molecule has 0 fully saturated rings. The Kier molecular flexibility index (Phi) is 5.35. The average molecular weight is 185 g/mol. The van der Waals surface area contributed by atoms with Crippen LogP contribution in [0.15, 0.2) is 0 Å². The fourth-order valence-electron chi connectivity index (χ4n) is 0.991. The summed E-state index contributed by atoms with van der Waals surface area (Å²) in [5.41, 5.74) is 0. The van der Waals surface area contributed by atoms with E-state index in [-0.39, 0.29) is 23.7 Å². The molecule has 1 amide bonds. The van der Waals surface area contributed by atoms with Gasteiger partial charge >= 0.3 is 0 Å². The summed E-state index contributed by atoms with van der Waals surface area (Å²) in [4.78, 5) is 22.4. The van der Waals surface area contributed by atoms with Crippen LogP contribution in [0.4, 0.5) is 0 Å². The normalized spacial score (nSPS) is 14.8. The third-order valence-corrected chi connectivity index (χ3v) is 2.28. The van der Waals surface area contributed by atoms with Gasteiger partial charge in [0.15, 0.2) is 5.78 Å². The van der Waals surface area contributed by atoms with Crippen LogP contribution in [0, 0.1) is 5.92 Å². The van der Waals surface area contributed by atoms with E-state index in [1.807, 2.05) is 20.8 Å². The molecule has 0 saturated carbocycles. The Labute approximate surface area is 79.9 Å². The fourth-order valence-corrected chi connectivity index (χ4v) is 0.991. The molecule has 0 aromatic carbocycles. The highest BCUT2D eigenvalue weighted by atomic mass is 16.2. The lowest BCUT2D eigenvalue weighted by Gasteiger charge is -2.16. The largest absolute Gasteiger partial charge is 0.346 e. The van der Waals surface area contributed by atoms with E-state index in [0.717, 1.165) is 6.42 Å². The number of ketones is 1. The zero-order chi connectivity index (χ0) is 10.4. The highest BCUT2D eigenvalue weighted by Gasteiger charge is 2.17.